The van der Waals surface area contributed by atoms with Crippen LogP contribution in [0, 0.1) is 11.5 Å². The van der Waals surface area contributed by atoms with Gasteiger partial charge in [-0.2, -0.15) is 5.26 Å². The van der Waals surface area contributed by atoms with E-state index in [0.29, 0.717) is 12.5 Å². The van der Waals surface area contributed by atoms with E-state index < -0.39 is 0 Å². The van der Waals surface area contributed by atoms with Crippen LogP contribution in [0.4, 0.5) is 11.6 Å². The third-order valence-electron chi connectivity index (χ3n) is 4.73. The summed E-state index contributed by atoms with van der Waals surface area (Å²) in [7, 11) is 0. The maximum Gasteiger partial charge on any atom is 0.210 e. The van der Waals surface area contributed by atoms with Crippen molar-refractivity contribution < 1.29 is 0 Å². The molecule has 2 aliphatic rings. The fourth-order valence-corrected chi connectivity index (χ4v) is 3.54. The summed E-state index contributed by atoms with van der Waals surface area (Å²) >= 11 is 0. The number of fused-ring (bicyclic) bond motifs is 6. The molecule has 0 amide bonds. The van der Waals surface area contributed by atoms with E-state index in [9.17, 15) is 5.26 Å². The zero-order chi connectivity index (χ0) is 18.8. The molecule has 0 fully saturated rings. The Kier molecular flexibility index (Phi) is 2.98. The predicted octanol–water partition coefficient (Wildman–Crippen LogP) is 2.05. The number of anilines is 2. The van der Waals surface area contributed by atoms with Gasteiger partial charge in [0, 0.05) is 11.0 Å². The fourth-order valence-electron chi connectivity index (χ4n) is 3.54. The number of hydrogen-bond donors (Lipinski definition) is 0. The van der Waals surface area contributed by atoms with E-state index in [1.807, 2.05) is 38.9 Å². The summed E-state index contributed by atoms with van der Waals surface area (Å²) in [5.41, 5.74) is 2.51. The van der Waals surface area contributed by atoms with Gasteiger partial charge in [-0.05, 0) is 12.1 Å². The summed E-state index contributed by atoms with van der Waals surface area (Å²) in [6, 6.07) is 8.08. The number of amidine groups is 1. The molecule has 0 saturated heterocycles. The largest absolute Gasteiger partial charge is 0.283 e. The first-order valence-electron chi connectivity index (χ1n) is 8.61. The van der Waals surface area contributed by atoms with Gasteiger partial charge in [0.05, 0.1) is 11.9 Å². The summed E-state index contributed by atoms with van der Waals surface area (Å²) in [5.74, 6) is 2.30. The van der Waals surface area contributed by atoms with E-state index in [4.69, 9.17) is 4.99 Å². The molecule has 5 rings (SSSR count). The molecule has 2 aliphatic heterocycles. The molecule has 1 aromatic carbocycles. The fraction of sp³-hybridized carbons (Fsp3) is 0.278. The molecule has 0 N–H and O–H groups in total. The molecule has 0 bridgehead atoms. The van der Waals surface area contributed by atoms with Crippen LogP contribution in [-0.2, 0) is 5.41 Å². The molecular formula is C18H17N9. The second-order valence-corrected chi connectivity index (χ2v) is 7.50. The Hall–Kier alpha value is -3.67. The molecule has 2 aromatic heterocycles. The highest BCUT2D eigenvalue weighted by molar-refractivity contribution is 6.16. The van der Waals surface area contributed by atoms with Gasteiger partial charge in [-0.25, -0.2) is 20.0 Å². The summed E-state index contributed by atoms with van der Waals surface area (Å²) in [6.07, 6.45) is 5.68. The van der Waals surface area contributed by atoms with Crippen molar-refractivity contribution in [1.82, 2.24) is 24.5 Å². The van der Waals surface area contributed by atoms with Gasteiger partial charge in [0.1, 0.15) is 18.7 Å². The molecular weight excluding hydrogens is 342 g/mol. The van der Waals surface area contributed by atoms with Crippen LogP contribution in [0.5, 0.6) is 0 Å². The van der Waals surface area contributed by atoms with E-state index in [2.05, 4.69) is 42.3 Å². The summed E-state index contributed by atoms with van der Waals surface area (Å²) in [5, 5.41) is 21.8. The molecule has 27 heavy (non-hydrogen) atoms. The summed E-state index contributed by atoms with van der Waals surface area (Å²) in [4.78, 5) is 9.09. The van der Waals surface area contributed by atoms with Crippen molar-refractivity contribution in [3.05, 3.63) is 48.0 Å². The van der Waals surface area contributed by atoms with Crippen LogP contribution in [0.25, 0.3) is 5.69 Å². The third kappa shape index (κ3) is 2.04. The topological polar surface area (TPSA) is 91.2 Å². The predicted molar refractivity (Wildman–Crippen MR) is 99.7 cm³/mol. The number of hydrazine groups is 1. The Morgan fingerprint density at radius 1 is 1.19 bits per heavy atom. The van der Waals surface area contributed by atoms with Crippen molar-refractivity contribution in [3.63, 3.8) is 0 Å². The highest BCUT2D eigenvalue weighted by Gasteiger charge is 2.40. The zero-order valence-corrected chi connectivity index (χ0v) is 15.2. The number of rotatable bonds is 1. The minimum atomic E-state index is -0.277. The van der Waals surface area contributed by atoms with Crippen molar-refractivity contribution >= 4 is 17.5 Å². The van der Waals surface area contributed by atoms with Crippen molar-refractivity contribution in [1.29, 1.82) is 5.26 Å². The number of nitrogens with zero attached hydrogens (tertiary/aromatic N) is 9. The standard InChI is InChI=1S/C18H17N9/c1-18(2,3)15-17(25(9-19)23-22-15)26-11-21-16-12-6-4-5-7-13(12)24-10-20-8-14(24)27(16)26/h4-8,10H,11H2,1-3H3. The SMILES string of the molecule is CC(C)(C)c1nnn(C#N)c1N1CN=C2c3ccccc3-n3cncc3N21. The van der Waals surface area contributed by atoms with E-state index in [1.54, 1.807) is 12.5 Å². The summed E-state index contributed by atoms with van der Waals surface area (Å²) < 4.78 is 3.27. The van der Waals surface area contributed by atoms with Crippen molar-refractivity contribution in [2.75, 3.05) is 16.7 Å². The Bertz CT molecular complexity index is 1120. The van der Waals surface area contributed by atoms with Crippen LogP contribution < -0.4 is 10.0 Å². The maximum atomic E-state index is 9.58. The van der Waals surface area contributed by atoms with Crippen LogP contribution in [-0.4, -0.2) is 37.0 Å². The second-order valence-electron chi connectivity index (χ2n) is 7.50. The Morgan fingerprint density at radius 3 is 2.78 bits per heavy atom. The van der Waals surface area contributed by atoms with Crippen LogP contribution >= 0.6 is 0 Å². The molecule has 0 saturated carbocycles. The highest BCUT2D eigenvalue weighted by Crippen LogP contribution is 2.38. The molecule has 0 radical (unpaired) electrons. The number of aliphatic imine (C=N–C) groups is 1. The normalized spacial score (nSPS) is 15.1. The number of aromatic nitrogens is 5. The van der Waals surface area contributed by atoms with Crippen LogP contribution in [0.15, 0.2) is 41.8 Å². The maximum absolute atomic E-state index is 9.58. The molecule has 9 heteroatoms. The lowest BCUT2D eigenvalue weighted by Crippen LogP contribution is -2.47. The lowest BCUT2D eigenvalue weighted by molar-refractivity contribution is 0.565. The highest BCUT2D eigenvalue weighted by atomic mass is 15.7. The van der Waals surface area contributed by atoms with Crippen LogP contribution in [0.1, 0.15) is 32.0 Å². The van der Waals surface area contributed by atoms with Crippen molar-refractivity contribution in [2.45, 2.75) is 26.2 Å². The minimum absolute atomic E-state index is 0.277. The molecule has 4 heterocycles. The molecule has 0 unspecified atom stereocenters. The molecule has 134 valence electrons. The monoisotopic (exact) mass is 359 g/mol. The molecule has 0 atom stereocenters. The van der Waals surface area contributed by atoms with Crippen LogP contribution in [0.3, 0.4) is 0 Å². The zero-order valence-electron chi connectivity index (χ0n) is 15.2. The first-order chi connectivity index (χ1) is 13.0. The molecule has 0 spiro atoms. The smallest absolute Gasteiger partial charge is 0.210 e. The molecule has 3 aromatic rings. The van der Waals surface area contributed by atoms with E-state index >= 15 is 0 Å². The summed E-state index contributed by atoms with van der Waals surface area (Å²) in [6.45, 7) is 6.52. The average Bonchev–Trinajstić information content (AvgIpc) is 3.37. The third-order valence-corrected chi connectivity index (χ3v) is 4.73. The quantitative estimate of drug-likeness (QED) is 0.660. The van der Waals surface area contributed by atoms with Crippen molar-refractivity contribution in [3.8, 4) is 11.9 Å². The number of para-hydroxylation sites is 1. The Balaban J connectivity index is 1.72. The van der Waals surface area contributed by atoms with Gasteiger partial charge in [-0.15, -0.1) is 9.78 Å². The van der Waals surface area contributed by atoms with Gasteiger partial charge in [-0.3, -0.25) is 4.57 Å². The number of imidazole rings is 1. The van der Waals surface area contributed by atoms with Gasteiger partial charge in [0.15, 0.2) is 17.5 Å². The van der Waals surface area contributed by atoms with E-state index in [-0.39, 0.29) is 5.41 Å². The number of nitriles is 1. The van der Waals surface area contributed by atoms with Gasteiger partial charge in [-0.1, -0.05) is 38.1 Å². The Morgan fingerprint density at radius 2 is 2.00 bits per heavy atom. The number of benzene rings is 1. The van der Waals surface area contributed by atoms with Gasteiger partial charge >= 0.3 is 0 Å². The van der Waals surface area contributed by atoms with Crippen LogP contribution in [0.2, 0.25) is 0 Å². The molecule has 0 aliphatic carbocycles. The van der Waals surface area contributed by atoms with Crippen molar-refractivity contribution in [2.24, 2.45) is 4.99 Å². The first-order valence-corrected chi connectivity index (χ1v) is 8.61. The average molecular weight is 359 g/mol. The van der Waals surface area contributed by atoms with Gasteiger partial charge in [0.25, 0.3) is 0 Å². The van der Waals surface area contributed by atoms with Gasteiger partial charge in [0.2, 0.25) is 6.19 Å². The molecule has 9 nitrogen and oxygen atoms in total. The first kappa shape index (κ1) is 15.6. The second kappa shape index (κ2) is 5.17. The lowest BCUT2D eigenvalue weighted by atomic mass is 9.92. The lowest BCUT2D eigenvalue weighted by Gasteiger charge is -2.35. The van der Waals surface area contributed by atoms with E-state index in [1.165, 1.54) is 4.68 Å². The number of hydrogen-bond acceptors (Lipinski definition) is 7. The minimum Gasteiger partial charge on any atom is -0.283 e. The van der Waals surface area contributed by atoms with Gasteiger partial charge < -0.3 is 0 Å². The van der Waals surface area contributed by atoms with E-state index in [0.717, 1.165) is 28.6 Å². The Labute approximate surface area is 155 Å².